The molecule has 1 unspecified atom stereocenters. The van der Waals surface area contributed by atoms with Crippen molar-refractivity contribution in [3.8, 4) is 0 Å². The maximum absolute atomic E-state index is 9.74. The third-order valence-electron chi connectivity index (χ3n) is 6.58. The Kier molecular flexibility index (Phi) is 6.74. The van der Waals surface area contributed by atoms with Crippen LogP contribution in [0.2, 0.25) is 0 Å². The van der Waals surface area contributed by atoms with Gasteiger partial charge in [-0.15, -0.1) is 0 Å². The fraction of sp³-hybridized carbons (Fsp3) is 0.478. The second-order valence-corrected chi connectivity index (χ2v) is 7.82. The van der Waals surface area contributed by atoms with Crippen molar-refractivity contribution in [3.05, 3.63) is 71.8 Å². The van der Waals surface area contributed by atoms with E-state index in [0.29, 0.717) is 18.0 Å². The third-order valence-corrected chi connectivity index (χ3v) is 6.58. The number of likely N-dealkylation sites (tertiary alicyclic amines) is 1. The third kappa shape index (κ3) is 3.83. The number of hydrogen-bond acceptors (Lipinski definition) is 1. The first-order valence-corrected chi connectivity index (χ1v) is 9.95. The van der Waals surface area contributed by atoms with Crippen LogP contribution in [0.4, 0.5) is 0 Å². The molecular formula is C23H30ClNO. The number of halogens is 1. The highest BCUT2D eigenvalue weighted by atomic mass is 35.5. The molecular weight excluding hydrogens is 342 g/mol. The molecule has 5 atom stereocenters. The van der Waals surface area contributed by atoms with Gasteiger partial charge >= 0.3 is 0 Å². The quantitative estimate of drug-likeness (QED) is 0.796. The Balaban J connectivity index is 0.00000196. The summed E-state index contributed by atoms with van der Waals surface area (Å²) < 4.78 is 0. The molecule has 0 radical (unpaired) electrons. The second kappa shape index (κ2) is 9.03. The molecule has 2 aromatic carbocycles. The van der Waals surface area contributed by atoms with Crippen LogP contribution in [0.25, 0.3) is 0 Å². The lowest BCUT2D eigenvalue weighted by molar-refractivity contribution is -0.967. The summed E-state index contributed by atoms with van der Waals surface area (Å²) in [4.78, 5) is 1.63. The van der Waals surface area contributed by atoms with Crippen molar-refractivity contribution >= 4 is 0 Å². The highest BCUT2D eigenvalue weighted by molar-refractivity contribution is 5.24. The SMILES string of the molecule is OCC[NH+]1[C@@H](c2ccccc2)C[C@@H](c2ccccc2)[C@H]2CCCC[C@H]21.[Cl-]. The zero-order chi connectivity index (χ0) is 17.1. The molecule has 1 saturated carbocycles. The minimum Gasteiger partial charge on any atom is -1.00 e. The van der Waals surface area contributed by atoms with Gasteiger partial charge in [-0.25, -0.2) is 0 Å². The Labute approximate surface area is 163 Å². The van der Waals surface area contributed by atoms with Crippen molar-refractivity contribution in [1.29, 1.82) is 0 Å². The standard InChI is InChI=1S/C23H29NO.ClH/c25-16-15-24-22-14-8-7-13-20(22)21(18-9-3-1-4-10-18)17-23(24)19-11-5-2-6-12-19;/h1-6,9-12,20-23,25H,7-8,13-17H2;1H/t20-,21+,22-,23-;/m1./s1. The number of piperidine rings is 1. The number of benzene rings is 2. The van der Waals surface area contributed by atoms with Gasteiger partial charge in [0, 0.05) is 17.9 Å². The number of fused-ring (bicyclic) bond motifs is 1. The maximum atomic E-state index is 9.74. The van der Waals surface area contributed by atoms with E-state index in [0.717, 1.165) is 12.5 Å². The average Bonchev–Trinajstić information content (AvgIpc) is 2.70. The molecule has 2 fully saturated rings. The van der Waals surface area contributed by atoms with Gasteiger partial charge in [-0.3, -0.25) is 0 Å². The zero-order valence-electron chi connectivity index (χ0n) is 15.4. The first-order valence-electron chi connectivity index (χ1n) is 9.95. The number of hydrogen-bond donors (Lipinski definition) is 2. The highest BCUT2D eigenvalue weighted by Crippen LogP contribution is 2.43. The van der Waals surface area contributed by atoms with Crippen LogP contribution in [-0.4, -0.2) is 24.3 Å². The van der Waals surface area contributed by atoms with E-state index in [2.05, 4.69) is 60.7 Å². The van der Waals surface area contributed by atoms with E-state index in [1.807, 2.05) is 0 Å². The van der Waals surface area contributed by atoms with Crippen LogP contribution in [0.15, 0.2) is 60.7 Å². The fourth-order valence-electron chi connectivity index (χ4n) is 5.55. The summed E-state index contributed by atoms with van der Waals surface area (Å²) in [7, 11) is 0. The first-order chi connectivity index (χ1) is 12.4. The van der Waals surface area contributed by atoms with E-state index in [9.17, 15) is 5.11 Å². The van der Waals surface area contributed by atoms with Crippen LogP contribution < -0.4 is 17.3 Å². The Bertz CT molecular complexity index is 662. The van der Waals surface area contributed by atoms with Crippen molar-refractivity contribution in [2.75, 3.05) is 13.2 Å². The molecule has 0 bridgehead atoms. The summed E-state index contributed by atoms with van der Waals surface area (Å²) in [6.07, 6.45) is 6.57. The first kappa shape index (κ1) is 19.4. The summed E-state index contributed by atoms with van der Waals surface area (Å²) >= 11 is 0. The molecule has 0 spiro atoms. The van der Waals surface area contributed by atoms with E-state index in [1.165, 1.54) is 43.2 Å². The van der Waals surface area contributed by atoms with Crippen molar-refractivity contribution in [1.82, 2.24) is 0 Å². The molecule has 2 N–H and O–H groups in total. The number of aliphatic hydroxyl groups excluding tert-OH is 1. The lowest BCUT2D eigenvalue weighted by atomic mass is 9.67. The minimum absolute atomic E-state index is 0. The highest BCUT2D eigenvalue weighted by Gasteiger charge is 2.47. The van der Waals surface area contributed by atoms with Crippen molar-refractivity contribution in [3.63, 3.8) is 0 Å². The summed E-state index contributed by atoms with van der Waals surface area (Å²) in [6.45, 7) is 1.17. The molecule has 140 valence electrons. The van der Waals surface area contributed by atoms with Gasteiger partial charge < -0.3 is 22.4 Å². The van der Waals surface area contributed by atoms with Gasteiger partial charge in [0.25, 0.3) is 0 Å². The lowest BCUT2D eigenvalue weighted by Crippen LogP contribution is -3.18. The Morgan fingerprint density at radius 3 is 2.12 bits per heavy atom. The molecule has 1 aliphatic carbocycles. The molecule has 2 nitrogen and oxygen atoms in total. The molecule has 0 amide bonds. The smallest absolute Gasteiger partial charge is 0.114 e. The van der Waals surface area contributed by atoms with Gasteiger partial charge in [-0.05, 0) is 30.7 Å². The number of quaternary nitrogens is 1. The van der Waals surface area contributed by atoms with Gasteiger partial charge in [0.2, 0.25) is 0 Å². The summed E-state index contributed by atoms with van der Waals surface area (Å²) in [5.41, 5.74) is 2.96. The molecule has 1 aliphatic heterocycles. The number of aliphatic hydroxyl groups is 1. The van der Waals surface area contributed by atoms with Gasteiger partial charge in [-0.2, -0.15) is 0 Å². The van der Waals surface area contributed by atoms with Crippen molar-refractivity contribution in [2.45, 2.75) is 50.1 Å². The predicted molar refractivity (Wildman–Crippen MR) is 102 cm³/mol. The monoisotopic (exact) mass is 371 g/mol. The topological polar surface area (TPSA) is 24.7 Å². The molecule has 26 heavy (non-hydrogen) atoms. The van der Waals surface area contributed by atoms with Crippen LogP contribution in [0.5, 0.6) is 0 Å². The van der Waals surface area contributed by atoms with E-state index in [-0.39, 0.29) is 19.0 Å². The van der Waals surface area contributed by atoms with Gasteiger partial charge in [-0.1, -0.05) is 67.1 Å². The lowest BCUT2D eigenvalue weighted by Gasteiger charge is -2.49. The van der Waals surface area contributed by atoms with E-state index >= 15 is 0 Å². The summed E-state index contributed by atoms with van der Waals surface area (Å²) in [5.74, 6) is 1.41. The molecule has 4 rings (SSSR count). The normalized spacial score (nSPS) is 30.9. The summed E-state index contributed by atoms with van der Waals surface area (Å²) in [5, 5.41) is 9.74. The van der Waals surface area contributed by atoms with Crippen LogP contribution >= 0.6 is 0 Å². The molecule has 2 aliphatic rings. The van der Waals surface area contributed by atoms with E-state index < -0.39 is 0 Å². The number of nitrogens with one attached hydrogen (secondary N) is 1. The van der Waals surface area contributed by atoms with E-state index in [4.69, 9.17) is 0 Å². The Hall–Kier alpha value is -1.35. The largest absolute Gasteiger partial charge is 1.00 e. The molecule has 2 aromatic rings. The van der Waals surface area contributed by atoms with Crippen LogP contribution in [0.3, 0.4) is 0 Å². The van der Waals surface area contributed by atoms with E-state index in [1.54, 1.807) is 4.90 Å². The minimum atomic E-state index is 0. The molecule has 0 aromatic heterocycles. The molecule has 1 heterocycles. The van der Waals surface area contributed by atoms with Crippen LogP contribution in [0.1, 0.15) is 55.2 Å². The van der Waals surface area contributed by atoms with Gasteiger partial charge in [0.15, 0.2) is 0 Å². The van der Waals surface area contributed by atoms with Crippen molar-refractivity contribution < 1.29 is 22.4 Å². The average molecular weight is 372 g/mol. The predicted octanol–water partition coefficient (Wildman–Crippen LogP) is 0.355. The van der Waals surface area contributed by atoms with Crippen molar-refractivity contribution in [2.24, 2.45) is 5.92 Å². The summed E-state index contributed by atoms with van der Waals surface area (Å²) in [6, 6.07) is 23.4. The maximum Gasteiger partial charge on any atom is 0.114 e. The van der Waals surface area contributed by atoms with Crippen LogP contribution in [-0.2, 0) is 0 Å². The Morgan fingerprint density at radius 1 is 0.846 bits per heavy atom. The van der Waals surface area contributed by atoms with Gasteiger partial charge in [0.1, 0.15) is 12.6 Å². The zero-order valence-corrected chi connectivity index (χ0v) is 16.1. The Morgan fingerprint density at radius 2 is 1.46 bits per heavy atom. The van der Waals surface area contributed by atoms with Crippen LogP contribution in [0, 0.1) is 5.92 Å². The molecule has 3 heteroatoms. The number of rotatable bonds is 4. The second-order valence-electron chi connectivity index (χ2n) is 7.82. The fourth-order valence-corrected chi connectivity index (χ4v) is 5.55. The molecule has 1 saturated heterocycles. The van der Waals surface area contributed by atoms with Gasteiger partial charge in [0.05, 0.1) is 12.6 Å².